The van der Waals surface area contributed by atoms with E-state index < -0.39 is 0 Å². The molecule has 6 rings (SSSR count). The molecule has 1 aliphatic heterocycles. The van der Waals surface area contributed by atoms with Crippen LogP contribution in [0.3, 0.4) is 0 Å². The van der Waals surface area contributed by atoms with Crippen molar-refractivity contribution in [2.24, 2.45) is 17.8 Å². The lowest BCUT2D eigenvalue weighted by molar-refractivity contribution is 0.102. The SMILES string of the molecule is COc1cccc(Cc2cccc3[nH]c4c(c23)CC2CN(CC3CC3O)CCC2C4)c1. The lowest BCUT2D eigenvalue weighted by Crippen LogP contribution is -2.44. The zero-order chi connectivity index (χ0) is 20.9. The molecule has 1 saturated carbocycles. The summed E-state index contributed by atoms with van der Waals surface area (Å²) in [5.74, 6) is 2.98. The summed E-state index contributed by atoms with van der Waals surface area (Å²) in [5, 5.41) is 11.2. The molecular weight excluding hydrogens is 384 g/mol. The standard InChI is InChI=1S/C27H32N2O2/c1-31-22-6-2-4-17(11-22)10-19-5-3-7-24-27(19)23-12-20-15-29(16-21-14-26(21)30)9-8-18(20)13-25(23)28-24/h2-7,11,18,20-21,26,28,30H,8-10,12-16H2,1H3. The van der Waals surface area contributed by atoms with Gasteiger partial charge in [-0.15, -0.1) is 0 Å². The van der Waals surface area contributed by atoms with Crippen molar-refractivity contribution in [3.8, 4) is 5.75 Å². The van der Waals surface area contributed by atoms with Crippen molar-refractivity contribution in [1.29, 1.82) is 0 Å². The Morgan fingerprint density at radius 3 is 2.84 bits per heavy atom. The van der Waals surface area contributed by atoms with Gasteiger partial charge >= 0.3 is 0 Å². The highest BCUT2D eigenvalue weighted by Crippen LogP contribution is 2.41. The predicted molar refractivity (Wildman–Crippen MR) is 124 cm³/mol. The van der Waals surface area contributed by atoms with Crippen LogP contribution in [0.25, 0.3) is 10.9 Å². The number of aliphatic hydroxyl groups is 1. The minimum Gasteiger partial charge on any atom is -0.497 e. The second-order valence-electron chi connectivity index (χ2n) is 9.99. The van der Waals surface area contributed by atoms with Gasteiger partial charge in [-0.1, -0.05) is 24.3 Å². The van der Waals surface area contributed by atoms with E-state index in [2.05, 4.69) is 46.3 Å². The monoisotopic (exact) mass is 416 g/mol. The van der Waals surface area contributed by atoms with Crippen molar-refractivity contribution in [2.45, 2.75) is 38.2 Å². The molecule has 0 bridgehead atoms. The third-order valence-electron chi connectivity index (χ3n) is 7.92. The van der Waals surface area contributed by atoms with Crippen LogP contribution >= 0.6 is 0 Å². The van der Waals surface area contributed by atoms with Crippen LogP contribution in [0, 0.1) is 17.8 Å². The number of rotatable bonds is 5. The van der Waals surface area contributed by atoms with Crippen molar-refractivity contribution in [3.05, 3.63) is 64.8 Å². The number of hydrogen-bond donors (Lipinski definition) is 2. The molecule has 2 heterocycles. The van der Waals surface area contributed by atoms with E-state index in [1.165, 1.54) is 60.1 Å². The van der Waals surface area contributed by atoms with E-state index in [-0.39, 0.29) is 6.10 Å². The first kappa shape index (κ1) is 19.4. The van der Waals surface area contributed by atoms with E-state index >= 15 is 0 Å². The topological polar surface area (TPSA) is 48.5 Å². The summed E-state index contributed by atoms with van der Waals surface area (Å²) in [6.45, 7) is 3.48. The minimum atomic E-state index is -0.0385. The molecule has 162 valence electrons. The Balaban J connectivity index is 1.29. The molecule has 2 N–H and O–H groups in total. The fraction of sp³-hybridized carbons (Fsp3) is 0.481. The molecule has 0 radical (unpaired) electrons. The molecule has 4 nitrogen and oxygen atoms in total. The number of aromatic amines is 1. The lowest BCUT2D eigenvalue weighted by atomic mass is 9.73. The second kappa shape index (κ2) is 7.68. The van der Waals surface area contributed by atoms with Gasteiger partial charge in [-0.05, 0) is 91.3 Å². The molecule has 2 aromatic carbocycles. The van der Waals surface area contributed by atoms with Gasteiger partial charge in [0.25, 0.3) is 0 Å². The fourth-order valence-corrected chi connectivity index (χ4v) is 6.10. The molecule has 2 fully saturated rings. The average Bonchev–Trinajstić information content (AvgIpc) is 3.34. The van der Waals surface area contributed by atoms with Gasteiger partial charge in [0.05, 0.1) is 13.2 Å². The summed E-state index contributed by atoms with van der Waals surface area (Å²) in [6, 6.07) is 15.2. The summed E-state index contributed by atoms with van der Waals surface area (Å²) in [4.78, 5) is 6.41. The number of nitrogens with one attached hydrogen (secondary N) is 1. The van der Waals surface area contributed by atoms with Gasteiger partial charge in [0, 0.05) is 29.7 Å². The molecule has 1 saturated heterocycles. The number of hydrogen-bond acceptors (Lipinski definition) is 3. The molecule has 0 spiro atoms. The number of piperidine rings is 1. The maximum absolute atomic E-state index is 9.76. The number of H-pyrrole nitrogens is 1. The van der Waals surface area contributed by atoms with Gasteiger partial charge in [-0.2, -0.15) is 0 Å². The van der Waals surface area contributed by atoms with Crippen molar-refractivity contribution in [3.63, 3.8) is 0 Å². The Bertz CT molecular complexity index is 1100. The summed E-state index contributed by atoms with van der Waals surface area (Å²) >= 11 is 0. The first-order valence-electron chi connectivity index (χ1n) is 11.8. The molecule has 3 aromatic rings. The minimum absolute atomic E-state index is 0.0385. The van der Waals surface area contributed by atoms with Gasteiger partial charge in [0.15, 0.2) is 0 Å². The van der Waals surface area contributed by atoms with Crippen LogP contribution in [0.2, 0.25) is 0 Å². The highest BCUT2D eigenvalue weighted by atomic mass is 16.5. The number of methoxy groups -OCH3 is 1. The van der Waals surface area contributed by atoms with Crippen LogP contribution in [-0.2, 0) is 19.3 Å². The molecule has 4 heteroatoms. The first-order chi connectivity index (χ1) is 15.2. The predicted octanol–water partition coefficient (Wildman–Crippen LogP) is 4.18. The molecule has 1 aromatic heterocycles. The zero-order valence-electron chi connectivity index (χ0n) is 18.3. The Hall–Kier alpha value is -2.30. The highest BCUT2D eigenvalue weighted by molar-refractivity contribution is 5.88. The molecule has 3 aliphatic rings. The smallest absolute Gasteiger partial charge is 0.119 e. The van der Waals surface area contributed by atoms with E-state index in [0.717, 1.165) is 37.0 Å². The van der Waals surface area contributed by atoms with Gasteiger partial charge in [-0.3, -0.25) is 0 Å². The van der Waals surface area contributed by atoms with E-state index in [9.17, 15) is 5.11 Å². The van der Waals surface area contributed by atoms with Crippen molar-refractivity contribution >= 4 is 10.9 Å². The van der Waals surface area contributed by atoms with Crippen molar-refractivity contribution in [2.75, 3.05) is 26.7 Å². The van der Waals surface area contributed by atoms with Crippen molar-refractivity contribution < 1.29 is 9.84 Å². The Kier molecular flexibility index (Phi) is 4.81. The van der Waals surface area contributed by atoms with Crippen LogP contribution in [0.1, 0.15) is 35.2 Å². The normalized spacial score (nSPS) is 27.7. The number of nitrogens with zero attached hydrogens (tertiary/aromatic N) is 1. The number of likely N-dealkylation sites (tertiary alicyclic amines) is 1. The van der Waals surface area contributed by atoms with Crippen LogP contribution in [0.5, 0.6) is 5.75 Å². The van der Waals surface area contributed by atoms with Crippen LogP contribution in [0.4, 0.5) is 0 Å². The van der Waals surface area contributed by atoms with E-state index in [4.69, 9.17) is 4.74 Å². The fourth-order valence-electron chi connectivity index (χ4n) is 6.10. The molecule has 31 heavy (non-hydrogen) atoms. The van der Waals surface area contributed by atoms with E-state index in [0.29, 0.717) is 5.92 Å². The van der Waals surface area contributed by atoms with Gasteiger partial charge in [0.2, 0.25) is 0 Å². The van der Waals surface area contributed by atoms with Crippen molar-refractivity contribution in [1.82, 2.24) is 9.88 Å². The third-order valence-corrected chi connectivity index (χ3v) is 7.92. The van der Waals surface area contributed by atoms with E-state index in [1.54, 1.807) is 12.7 Å². The summed E-state index contributed by atoms with van der Waals surface area (Å²) in [5.41, 5.74) is 7.03. The maximum Gasteiger partial charge on any atom is 0.119 e. The quantitative estimate of drug-likeness (QED) is 0.656. The Labute approximate surface area is 184 Å². The number of aromatic nitrogens is 1. The molecule has 2 aliphatic carbocycles. The second-order valence-corrected chi connectivity index (χ2v) is 9.99. The van der Waals surface area contributed by atoms with Gasteiger partial charge < -0.3 is 19.7 Å². The van der Waals surface area contributed by atoms with Crippen LogP contribution in [0.15, 0.2) is 42.5 Å². The van der Waals surface area contributed by atoms with E-state index in [1.807, 2.05) is 6.07 Å². The summed E-state index contributed by atoms with van der Waals surface area (Å²) < 4.78 is 5.44. The molecule has 4 atom stereocenters. The highest BCUT2D eigenvalue weighted by Gasteiger charge is 2.40. The van der Waals surface area contributed by atoms with Crippen LogP contribution in [-0.4, -0.2) is 47.8 Å². The van der Waals surface area contributed by atoms with Gasteiger partial charge in [0.1, 0.15) is 5.75 Å². The first-order valence-corrected chi connectivity index (χ1v) is 11.8. The number of benzene rings is 2. The van der Waals surface area contributed by atoms with Gasteiger partial charge in [-0.25, -0.2) is 0 Å². The Morgan fingerprint density at radius 1 is 1.13 bits per heavy atom. The number of aliphatic hydroxyl groups excluding tert-OH is 1. The largest absolute Gasteiger partial charge is 0.497 e. The molecule has 0 amide bonds. The third kappa shape index (κ3) is 3.66. The molecular formula is C27H32N2O2. The average molecular weight is 417 g/mol. The summed E-state index contributed by atoms with van der Waals surface area (Å²) in [6.07, 6.45) is 5.55. The zero-order valence-corrected chi connectivity index (χ0v) is 18.3. The van der Waals surface area contributed by atoms with Crippen LogP contribution < -0.4 is 4.74 Å². The molecule has 4 unspecified atom stereocenters. The number of fused-ring (bicyclic) bond motifs is 4. The Morgan fingerprint density at radius 2 is 2.00 bits per heavy atom. The summed E-state index contributed by atoms with van der Waals surface area (Å²) in [7, 11) is 1.73. The lowest BCUT2D eigenvalue weighted by Gasteiger charge is -2.41. The number of ether oxygens (including phenoxy) is 1. The maximum atomic E-state index is 9.76.